The third kappa shape index (κ3) is 4.48. The van der Waals surface area contributed by atoms with E-state index >= 15 is 0 Å². The highest BCUT2D eigenvalue weighted by Gasteiger charge is 2.33. The van der Waals surface area contributed by atoms with Crippen LogP contribution in [0.25, 0.3) is 11.4 Å². The van der Waals surface area contributed by atoms with E-state index in [9.17, 15) is 13.2 Å². The lowest BCUT2D eigenvalue weighted by molar-refractivity contribution is -0.138. The van der Waals surface area contributed by atoms with Gasteiger partial charge < -0.3 is 10.3 Å². The van der Waals surface area contributed by atoms with Gasteiger partial charge in [0.25, 0.3) is 0 Å². The van der Waals surface area contributed by atoms with E-state index in [0.29, 0.717) is 11.5 Å². The molecule has 0 unspecified atom stereocenters. The Morgan fingerprint density at radius 1 is 1.19 bits per heavy atom. The lowest BCUT2D eigenvalue weighted by Gasteiger charge is -2.21. The van der Waals surface area contributed by atoms with E-state index in [1.54, 1.807) is 6.07 Å². The molecule has 0 spiro atoms. The van der Waals surface area contributed by atoms with Crippen LogP contribution in [0.15, 0.2) is 22.7 Å². The third-order valence-electron chi connectivity index (χ3n) is 5.24. The third-order valence-corrected chi connectivity index (χ3v) is 5.24. The Kier molecular flexibility index (Phi) is 5.53. The van der Waals surface area contributed by atoms with Gasteiger partial charge in [0.1, 0.15) is 0 Å². The molecule has 0 atom stereocenters. The van der Waals surface area contributed by atoms with Crippen molar-refractivity contribution in [2.24, 2.45) is 11.7 Å². The molecule has 2 aromatic rings. The molecular formula is C19H23F3N4O. The number of hydrogen-bond acceptors (Lipinski definition) is 4. The maximum atomic E-state index is 13.1. The minimum atomic E-state index is -4.42. The second kappa shape index (κ2) is 7.70. The van der Waals surface area contributed by atoms with Crippen LogP contribution >= 0.6 is 0 Å². The fourth-order valence-corrected chi connectivity index (χ4v) is 3.65. The second-order valence-corrected chi connectivity index (χ2v) is 7.19. The molecule has 1 aromatic carbocycles. The summed E-state index contributed by atoms with van der Waals surface area (Å²) in [7, 11) is 0. The molecule has 1 aromatic heterocycles. The zero-order chi connectivity index (χ0) is 19.6. The summed E-state index contributed by atoms with van der Waals surface area (Å²) in [6.07, 6.45) is 0.782. The van der Waals surface area contributed by atoms with Gasteiger partial charge in [-0.2, -0.15) is 18.2 Å². The summed E-state index contributed by atoms with van der Waals surface area (Å²) in [5.41, 5.74) is 5.39. The van der Waals surface area contributed by atoms with E-state index in [1.165, 1.54) is 13.0 Å². The number of halogens is 3. The minimum Gasteiger partial charge on any atom is -0.387 e. The van der Waals surface area contributed by atoms with Crippen LogP contribution in [-0.2, 0) is 6.18 Å². The average molecular weight is 380 g/mol. The maximum Gasteiger partial charge on any atom is 0.416 e. The summed E-state index contributed by atoms with van der Waals surface area (Å²) in [6, 6.07) is 4.07. The van der Waals surface area contributed by atoms with Gasteiger partial charge in [0.2, 0.25) is 11.7 Å². The van der Waals surface area contributed by atoms with Gasteiger partial charge in [0.05, 0.1) is 11.4 Å². The summed E-state index contributed by atoms with van der Waals surface area (Å²) in [4.78, 5) is 4.37. The van der Waals surface area contributed by atoms with E-state index in [-0.39, 0.29) is 29.1 Å². The van der Waals surface area contributed by atoms with Gasteiger partial charge in [0, 0.05) is 17.4 Å². The fraction of sp³-hybridized carbons (Fsp3) is 0.526. The van der Waals surface area contributed by atoms with Crippen LogP contribution in [0.5, 0.6) is 0 Å². The molecule has 1 aliphatic rings. The number of aryl methyl sites for hydroxylation is 1. The van der Waals surface area contributed by atoms with Crippen molar-refractivity contribution in [3.63, 3.8) is 0 Å². The van der Waals surface area contributed by atoms with Crippen LogP contribution in [0.3, 0.4) is 0 Å². The number of amidine groups is 1. The molecule has 3 N–H and O–H groups in total. The predicted octanol–water partition coefficient (Wildman–Crippen LogP) is 5.05. The molecule has 0 amide bonds. The standard InChI is InChI=1S/C19H23F3N4O/c1-11-8-9-14(10-15(11)19(20,21)22)17-25-18(27-26-17)13-6-2-4-12(16(23)24)5-3-7-13/h8-10,12-13H,2-7H2,1H3,(H3,23,24). The molecule has 1 fully saturated rings. The van der Waals surface area contributed by atoms with E-state index in [0.717, 1.165) is 44.6 Å². The van der Waals surface area contributed by atoms with Crippen molar-refractivity contribution < 1.29 is 17.7 Å². The Morgan fingerprint density at radius 3 is 2.44 bits per heavy atom. The molecule has 3 rings (SSSR count). The lowest BCUT2D eigenvalue weighted by Crippen LogP contribution is -2.23. The Morgan fingerprint density at radius 2 is 1.85 bits per heavy atom. The minimum absolute atomic E-state index is 0.0895. The highest BCUT2D eigenvalue weighted by atomic mass is 19.4. The molecule has 1 saturated carbocycles. The van der Waals surface area contributed by atoms with Gasteiger partial charge in [-0.25, -0.2) is 0 Å². The number of nitrogens with zero attached hydrogens (tertiary/aromatic N) is 2. The number of alkyl halides is 3. The molecule has 5 nitrogen and oxygen atoms in total. The summed E-state index contributed by atoms with van der Waals surface area (Å²) >= 11 is 0. The van der Waals surface area contributed by atoms with Crippen molar-refractivity contribution in [3.05, 3.63) is 35.2 Å². The quantitative estimate of drug-likeness (QED) is 0.576. The fourth-order valence-electron chi connectivity index (χ4n) is 3.65. The average Bonchev–Trinajstić information content (AvgIpc) is 3.03. The number of aromatic nitrogens is 2. The van der Waals surface area contributed by atoms with Crippen molar-refractivity contribution in [2.45, 2.75) is 57.5 Å². The monoisotopic (exact) mass is 380 g/mol. The van der Waals surface area contributed by atoms with Crippen molar-refractivity contribution >= 4 is 5.84 Å². The summed E-state index contributed by atoms with van der Waals surface area (Å²) in [5.74, 6) is 1.12. The molecule has 27 heavy (non-hydrogen) atoms. The molecule has 1 aliphatic carbocycles. The summed E-state index contributed by atoms with van der Waals surface area (Å²) in [6.45, 7) is 1.43. The van der Waals surface area contributed by atoms with Crippen LogP contribution in [0.1, 0.15) is 61.5 Å². The number of nitrogens with two attached hydrogens (primary N) is 1. The maximum absolute atomic E-state index is 13.1. The largest absolute Gasteiger partial charge is 0.416 e. The molecule has 0 bridgehead atoms. The molecule has 1 heterocycles. The molecule has 0 saturated heterocycles. The number of rotatable bonds is 3. The van der Waals surface area contributed by atoms with Gasteiger partial charge in [-0.05, 0) is 44.2 Å². The van der Waals surface area contributed by atoms with Gasteiger partial charge in [-0.1, -0.05) is 30.1 Å². The SMILES string of the molecule is Cc1ccc(-c2noc(C3CCCC(C(=N)N)CCC3)n2)cc1C(F)(F)F. The molecule has 0 radical (unpaired) electrons. The Hall–Kier alpha value is -2.38. The number of benzene rings is 1. The Bertz CT molecular complexity index is 806. The normalized spacial score (nSPS) is 21.5. The van der Waals surface area contributed by atoms with Crippen LogP contribution in [0.4, 0.5) is 13.2 Å². The van der Waals surface area contributed by atoms with Gasteiger partial charge >= 0.3 is 6.18 Å². The first-order valence-corrected chi connectivity index (χ1v) is 9.11. The van der Waals surface area contributed by atoms with Crippen LogP contribution < -0.4 is 5.73 Å². The lowest BCUT2D eigenvalue weighted by atomic mass is 9.85. The first-order valence-electron chi connectivity index (χ1n) is 9.11. The molecule has 146 valence electrons. The van der Waals surface area contributed by atoms with Crippen LogP contribution in [0, 0.1) is 18.3 Å². The van der Waals surface area contributed by atoms with Crippen molar-refractivity contribution in [2.75, 3.05) is 0 Å². The molecule has 0 aliphatic heterocycles. The van der Waals surface area contributed by atoms with E-state index in [4.69, 9.17) is 15.7 Å². The summed E-state index contributed by atoms with van der Waals surface area (Å²) in [5, 5.41) is 11.5. The smallest absolute Gasteiger partial charge is 0.387 e. The second-order valence-electron chi connectivity index (χ2n) is 7.19. The Balaban J connectivity index is 1.76. The Labute approximate surface area is 155 Å². The summed E-state index contributed by atoms with van der Waals surface area (Å²) < 4.78 is 44.7. The zero-order valence-corrected chi connectivity index (χ0v) is 15.1. The van der Waals surface area contributed by atoms with Crippen molar-refractivity contribution in [1.82, 2.24) is 10.1 Å². The first kappa shape index (κ1) is 19.4. The van der Waals surface area contributed by atoms with Crippen molar-refractivity contribution in [3.8, 4) is 11.4 Å². The zero-order valence-electron chi connectivity index (χ0n) is 15.1. The highest BCUT2D eigenvalue weighted by Crippen LogP contribution is 2.36. The molecule has 8 heteroatoms. The molecular weight excluding hydrogens is 357 g/mol. The number of nitrogens with one attached hydrogen (secondary N) is 1. The van der Waals surface area contributed by atoms with E-state index in [2.05, 4.69) is 10.1 Å². The van der Waals surface area contributed by atoms with Crippen LogP contribution in [0.2, 0.25) is 0 Å². The van der Waals surface area contributed by atoms with E-state index in [1.807, 2.05) is 0 Å². The van der Waals surface area contributed by atoms with Crippen molar-refractivity contribution in [1.29, 1.82) is 5.41 Å². The topological polar surface area (TPSA) is 88.8 Å². The van der Waals surface area contributed by atoms with Gasteiger partial charge in [-0.3, -0.25) is 5.41 Å². The van der Waals surface area contributed by atoms with E-state index < -0.39 is 11.7 Å². The van der Waals surface area contributed by atoms with Gasteiger partial charge in [0.15, 0.2) is 0 Å². The van der Waals surface area contributed by atoms with Crippen LogP contribution in [-0.4, -0.2) is 16.0 Å². The number of hydrogen-bond donors (Lipinski definition) is 2. The first-order chi connectivity index (χ1) is 12.8. The van der Waals surface area contributed by atoms with Gasteiger partial charge in [-0.15, -0.1) is 0 Å². The predicted molar refractivity (Wildman–Crippen MR) is 95.3 cm³/mol. The highest BCUT2D eigenvalue weighted by molar-refractivity contribution is 5.79.